The third-order valence-corrected chi connectivity index (χ3v) is 17.9. The Kier molecular flexibility index (Phi) is 13.0. The van der Waals surface area contributed by atoms with Crippen LogP contribution in [0.3, 0.4) is 0 Å². The molecule has 4 heteroatoms. The van der Waals surface area contributed by atoms with Crippen LogP contribution in [0.5, 0.6) is 0 Å². The van der Waals surface area contributed by atoms with Gasteiger partial charge in [-0.2, -0.15) is 0 Å². The molecular formula is C85H54N2O2. The van der Waals surface area contributed by atoms with Gasteiger partial charge in [0.1, 0.15) is 0 Å². The molecule has 0 fully saturated rings. The van der Waals surface area contributed by atoms with Crippen LogP contribution < -0.4 is 0 Å². The van der Waals surface area contributed by atoms with Gasteiger partial charge in [0.25, 0.3) is 0 Å². The Hall–Kier alpha value is -11.7. The van der Waals surface area contributed by atoms with E-state index in [0.717, 1.165) is 128 Å². The van der Waals surface area contributed by atoms with Crippen molar-refractivity contribution in [2.75, 3.05) is 0 Å². The van der Waals surface area contributed by atoms with Crippen molar-refractivity contribution in [2.24, 2.45) is 0 Å². The van der Waals surface area contributed by atoms with E-state index in [1.165, 1.54) is 0 Å². The molecule has 0 bridgehead atoms. The lowest BCUT2D eigenvalue weighted by Gasteiger charge is -2.31. The molecule has 0 radical (unpaired) electrons. The van der Waals surface area contributed by atoms with E-state index >= 15 is 9.59 Å². The van der Waals surface area contributed by atoms with E-state index in [0.29, 0.717) is 28.1 Å². The summed E-state index contributed by atoms with van der Waals surface area (Å²) in [6.07, 6.45) is 0. The second kappa shape index (κ2) is 22.0. The van der Waals surface area contributed by atoms with E-state index in [9.17, 15) is 0 Å². The number of hydrogen-bond acceptors (Lipinski definition) is 4. The summed E-state index contributed by atoms with van der Waals surface area (Å²) in [6.45, 7) is 0. The van der Waals surface area contributed by atoms with Gasteiger partial charge in [-0.25, -0.2) is 9.97 Å². The third kappa shape index (κ3) is 9.34. The summed E-state index contributed by atoms with van der Waals surface area (Å²) in [7, 11) is 0. The van der Waals surface area contributed by atoms with Gasteiger partial charge < -0.3 is 0 Å². The van der Waals surface area contributed by atoms with E-state index in [2.05, 4.69) is 194 Å². The van der Waals surface area contributed by atoms with Crippen LogP contribution in [0.15, 0.2) is 328 Å². The van der Waals surface area contributed by atoms with Crippen molar-refractivity contribution in [3.8, 4) is 112 Å². The molecule has 89 heavy (non-hydrogen) atoms. The second-order valence-corrected chi connectivity index (χ2v) is 23.1. The fraction of sp³-hybridized carbons (Fsp3) is 0.0118. The van der Waals surface area contributed by atoms with Crippen LogP contribution in [0.25, 0.3) is 112 Å². The van der Waals surface area contributed by atoms with Crippen molar-refractivity contribution in [3.05, 3.63) is 372 Å². The summed E-state index contributed by atoms with van der Waals surface area (Å²) in [6, 6.07) is 113. The zero-order valence-corrected chi connectivity index (χ0v) is 48.4. The zero-order valence-electron chi connectivity index (χ0n) is 48.4. The van der Waals surface area contributed by atoms with Crippen molar-refractivity contribution in [2.45, 2.75) is 5.41 Å². The fourth-order valence-corrected chi connectivity index (χ4v) is 13.5. The van der Waals surface area contributed by atoms with Gasteiger partial charge in [-0.15, -0.1) is 0 Å². The molecule has 0 saturated carbocycles. The largest absolute Gasteiger partial charge is 0.289 e. The van der Waals surface area contributed by atoms with E-state index < -0.39 is 5.41 Å². The van der Waals surface area contributed by atoms with Crippen LogP contribution >= 0.6 is 0 Å². The van der Waals surface area contributed by atoms with E-state index in [4.69, 9.17) is 9.97 Å². The van der Waals surface area contributed by atoms with E-state index in [1.807, 2.05) is 133 Å². The van der Waals surface area contributed by atoms with Crippen LogP contribution in [0.2, 0.25) is 0 Å². The molecule has 2 aliphatic rings. The van der Waals surface area contributed by atoms with Crippen LogP contribution in [-0.4, -0.2) is 21.5 Å². The summed E-state index contributed by atoms with van der Waals surface area (Å²) in [5.41, 5.74) is 24.5. The number of hydrogen-bond donors (Lipinski definition) is 0. The van der Waals surface area contributed by atoms with E-state index in [-0.39, 0.29) is 11.6 Å². The van der Waals surface area contributed by atoms with Crippen LogP contribution in [0.4, 0.5) is 0 Å². The molecule has 0 aliphatic heterocycles. The number of rotatable bonds is 12. The molecule has 1 atom stereocenters. The minimum Gasteiger partial charge on any atom is -0.289 e. The maximum atomic E-state index is 15.3. The van der Waals surface area contributed by atoms with Gasteiger partial charge in [-0.05, 0) is 149 Å². The van der Waals surface area contributed by atoms with Crippen molar-refractivity contribution in [1.29, 1.82) is 0 Å². The van der Waals surface area contributed by atoms with Crippen LogP contribution in [-0.2, 0) is 5.41 Å². The molecule has 1 aromatic heterocycles. The first kappa shape index (κ1) is 52.8. The second-order valence-electron chi connectivity index (χ2n) is 23.1. The first-order valence-electron chi connectivity index (χ1n) is 30.2. The molecule has 16 rings (SSSR count). The fourth-order valence-electron chi connectivity index (χ4n) is 13.5. The molecule has 2 aliphatic carbocycles. The summed E-state index contributed by atoms with van der Waals surface area (Å²) >= 11 is 0. The molecule has 13 aromatic carbocycles. The lowest BCUT2D eigenvalue weighted by Crippen LogP contribution is -2.27. The predicted octanol–water partition coefficient (Wildman–Crippen LogP) is 20.6. The summed E-state index contributed by atoms with van der Waals surface area (Å²) in [5, 5.41) is 0. The number of carbonyl (C=O) groups is 2. The Morgan fingerprint density at radius 1 is 0.213 bits per heavy atom. The highest BCUT2D eigenvalue weighted by molar-refractivity contribution is 6.12. The summed E-state index contributed by atoms with van der Waals surface area (Å²) in [5.74, 6) is 0.412. The maximum absolute atomic E-state index is 15.3. The van der Waals surface area contributed by atoms with Crippen molar-refractivity contribution < 1.29 is 9.59 Å². The Bertz CT molecular complexity index is 4610. The van der Waals surface area contributed by atoms with Crippen molar-refractivity contribution in [1.82, 2.24) is 9.97 Å². The Labute approximate surface area is 517 Å². The topological polar surface area (TPSA) is 59.9 Å². The Morgan fingerprint density at radius 3 is 0.865 bits per heavy atom. The van der Waals surface area contributed by atoms with Crippen molar-refractivity contribution in [3.63, 3.8) is 0 Å². The number of carbonyl (C=O) groups excluding carboxylic acids is 2. The molecule has 4 nitrogen and oxygen atoms in total. The number of benzene rings is 13. The van der Waals surface area contributed by atoms with Gasteiger partial charge in [0.2, 0.25) is 0 Å². The number of aromatic nitrogens is 2. The lowest BCUT2D eigenvalue weighted by atomic mass is 9.69. The quantitative estimate of drug-likeness (QED) is 0.114. The minimum absolute atomic E-state index is 0.0833. The van der Waals surface area contributed by atoms with Gasteiger partial charge in [0.15, 0.2) is 17.4 Å². The molecule has 1 spiro atoms. The highest BCUT2D eigenvalue weighted by Gasteiger charge is 2.52. The molecule has 1 heterocycles. The third-order valence-electron chi connectivity index (χ3n) is 17.9. The average molecular weight is 1140 g/mol. The van der Waals surface area contributed by atoms with Crippen LogP contribution in [0.1, 0.15) is 54.1 Å². The minimum atomic E-state index is -1.07. The standard InChI is InChI=1S/C85H54N2O2/c88-82(63-35-31-59(32-36-63)55-19-7-1-8-20-55)66-40-44-73-72-43-39-65(71-48-69(57-23-11-3-12-24-57)47-70(49-71)58-25-13-4-14-26-58)50-76(72)85(77(73)51-66)78-52-67(83(89)64-37-33-60(34-38-64)56-21-9-2-10-22-56)41-45-74(78)75-46-42-68(53-79(75)85)84-86-80(61-27-15-5-16-28-61)54-81(87-84)62-29-17-6-18-30-62/h1-54H. The number of ketones is 2. The predicted molar refractivity (Wildman–Crippen MR) is 362 cm³/mol. The molecule has 0 amide bonds. The van der Waals surface area contributed by atoms with E-state index in [1.54, 1.807) is 0 Å². The number of nitrogens with zero attached hydrogens (tertiary/aromatic N) is 2. The zero-order chi connectivity index (χ0) is 59.4. The molecule has 0 saturated heterocycles. The monoisotopic (exact) mass is 1130 g/mol. The van der Waals surface area contributed by atoms with Crippen molar-refractivity contribution >= 4 is 11.6 Å². The van der Waals surface area contributed by atoms with Crippen LogP contribution in [0, 0.1) is 0 Å². The summed E-state index contributed by atoms with van der Waals surface area (Å²) in [4.78, 5) is 41.4. The van der Waals surface area contributed by atoms with Gasteiger partial charge in [0.05, 0.1) is 16.8 Å². The molecule has 14 aromatic rings. The van der Waals surface area contributed by atoms with Gasteiger partial charge in [-0.3, -0.25) is 9.59 Å². The lowest BCUT2D eigenvalue weighted by molar-refractivity contribution is 0.103. The SMILES string of the molecule is O=C(c1ccc(-c2ccccc2)cc1)c1ccc2c(c1)C1(c3cc(C(=O)c4ccc(-c5ccccc5)cc4)ccc3-c3ccc(-c4nc(-c5ccccc5)cc(-c5ccccc5)n4)cc31)c1cc(-c3cc(-c4ccccc4)cc(-c4ccccc4)c3)ccc1-2. The Morgan fingerprint density at radius 2 is 0.483 bits per heavy atom. The first-order valence-corrected chi connectivity index (χ1v) is 30.2. The molecular weight excluding hydrogens is 1080 g/mol. The molecule has 0 N–H and O–H groups in total. The van der Waals surface area contributed by atoms with Gasteiger partial charge in [-0.1, -0.05) is 279 Å². The average Bonchev–Trinajstić information content (AvgIpc) is 1.51. The highest BCUT2D eigenvalue weighted by Crippen LogP contribution is 2.64. The van der Waals surface area contributed by atoms with Gasteiger partial charge in [0, 0.05) is 38.9 Å². The normalized spacial score (nSPS) is 13.3. The summed E-state index contributed by atoms with van der Waals surface area (Å²) < 4.78 is 0. The maximum Gasteiger partial charge on any atom is 0.193 e. The molecule has 1 unspecified atom stereocenters. The highest BCUT2D eigenvalue weighted by atomic mass is 16.1. The first-order chi connectivity index (χ1) is 43.9. The smallest absolute Gasteiger partial charge is 0.193 e. The number of fused-ring (bicyclic) bond motifs is 10. The van der Waals surface area contributed by atoms with Gasteiger partial charge >= 0.3 is 0 Å². The Balaban J connectivity index is 0.943. The molecule has 416 valence electrons.